The molecule has 0 bridgehead atoms. The average molecular weight is 564 g/mol. The molecule has 5 heteroatoms. The maximum absolute atomic E-state index is 9.53. The monoisotopic (exact) mass is 563 g/mol. The highest BCUT2D eigenvalue weighted by Crippen LogP contribution is 2.38. The van der Waals surface area contributed by atoms with Gasteiger partial charge in [0.1, 0.15) is 0 Å². The molecule has 0 radical (unpaired) electrons. The van der Waals surface area contributed by atoms with E-state index in [1.807, 2.05) is 97.1 Å². The molecule has 0 fully saturated rings. The van der Waals surface area contributed by atoms with Crippen LogP contribution in [0.5, 0.6) is 0 Å². The van der Waals surface area contributed by atoms with E-state index in [9.17, 15) is 5.26 Å². The van der Waals surface area contributed by atoms with Gasteiger partial charge in [-0.25, -0.2) is 19.8 Å². The molecule has 1 aromatic heterocycles. The molecule has 0 spiro atoms. The van der Waals surface area contributed by atoms with E-state index in [2.05, 4.69) is 30.1 Å². The summed E-state index contributed by atoms with van der Waals surface area (Å²) in [5, 5.41) is 9.53. The molecule has 6 rings (SSSR count). The van der Waals surface area contributed by atoms with Crippen molar-refractivity contribution in [2.75, 3.05) is 0 Å². The predicted octanol–water partition coefficient (Wildman–Crippen LogP) is 9.92. The molecule has 44 heavy (non-hydrogen) atoms. The number of hydrogen-bond donors (Lipinski definition) is 0. The molecule has 1 heterocycles. The molecule has 206 valence electrons. The van der Waals surface area contributed by atoms with Gasteiger partial charge in [-0.2, -0.15) is 5.26 Å². The van der Waals surface area contributed by atoms with Crippen molar-refractivity contribution < 1.29 is 0 Å². The van der Waals surface area contributed by atoms with Gasteiger partial charge in [0.05, 0.1) is 12.6 Å². The predicted molar refractivity (Wildman–Crippen MR) is 178 cm³/mol. The van der Waals surface area contributed by atoms with E-state index in [0.29, 0.717) is 28.7 Å². The van der Waals surface area contributed by atoms with Crippen molar-refractivity contribution in [3.63, 3.8) is 0 Å². The molecule has 0 atom stereocenters. The molecule has 5 nitrogen and oxygen atoms in total. The first-order valence-corrected chi connectivity index (χ1v) is 13.9. The van der Waals surface area contributed by atoms with Gasteiger partial charge in [-0.1, -0.05) is 116 Å². The smallest absolute Gasteiger partial charge is 0.189 e. The maximum atomic E-state index is 9.53. The second kappa shape index (κ2) is 12.2. The van der Waals surface area contributed by atoms with Gasteiger partial charge in [-0.05, 0) is 57.6 Å². The van der Waals surface area contributed by atoms with Gasteiger partial charge in [0.25, 0.3) is 0 Å². The van der Waals surface area contributed by atoms with E-state index in [0.717, 1.165) is 50.1 Å². The van der Waals surface area contributed by atoms with Crippen LogP contribution in [-0.2, 0) is 0 Å². The van der Waals surface area contributed by atoms with Crippen LogP contribution in [0.2, 0.25) is 0 Å². The third-order valence-corrected chi connectivity index (χ3v) is 7.31. The lowest BCUT2D eigenvalue weighted by atomic mass is 9.88. The zero-order valence-electron chi connectivity index (χ0n) is 23.8. The fourth-order valence-corrected chi connectivity index (χ4v) is 5.24. The van der Waals surface area contributed by atoms with Crippen molar-refractivity contribution in [1.29, 1.82) is 5.26 Å². The highest BCUT2D eigenvalue weighted by atomic mass is 15.0. The minimum absolute atomic E-state index is 0.410. The van der Waals surface area contributed by atoms with Crippen LogP contribution in [0.4, 0.5) is 5.69 Å². The number of nitrogens with zero attached hydrogens (tertiary/aromatic N) is 5. The van der Waals surface area contributed by atoms with Gasteiger partial charge in [0.15, 0.2) is 23.2 Å². The third-order valence-electron chi connectivity index (χ3n) is 7.31. The lowest BCUT2D eigenvalue weighted by Crippen LogP contribution is -2.00. The van der Waals surface area contributed by atoms with Gasteiger partial charge < -0.3 is 0 Å². The minimum atomic E-state index is 0.410. The quantitative estimate of drug-likeness (QED) is 0.181. The Morgan fingerprint density at radius 1 is 0.568 bits per heavy atom. The number of rotatable bonds is 7. The van der Waals surface area contributed by atoms with E-state index in [4.69, 9.17) is 21.5 Å². The van der Waals surface area contributed by atoms with Crippen LogP contribution in [0.25, 0.3) is 73.4 Å². The molecule has 0 saturated carbocycles. The van der Waals surface area contributed by atoms with Crippen LogP contribution in [0.1, 0.15) is 16.7 Å². The number of hydrogen-bond acceptors (Lipinski definition) is 4. The Balaban J connectivity index is 1.49. The van der Waals surface area contributed by atoms with E-state index in [1.165, 1.54) is 0 Å². The summed E-state index contributed by atoms with van der Waals surface area (Å²) in [5.41, 5.74) is 8.84. The fraction of sp³-hybridized carbons (Fsp3) is 0. The topological polar surface area (TPSA) is 66.8 Å². The Labute approximate surface area is 256 Å². The third kappa shape index (κ3) is 5.42. The zero-order chi connectivity index (χ0) is 30.5. The number of nitriles is 1. The molecule has 0 aliphatic rings. The van der Waals surface area contributed by atoms with Crippen LogP contribution < -0.4 is 0 Å². The van der Waals surface area contributed by atoms with Gasteiger partial charge in [-0.3, -0.25) is 0 Å². The highest BCUT2D eigenvalue weighted by molar-refractivity contribution is 5.90. The van der Waals surface area contributed by atoms with Gasteiger partial charge in [-0.15, -0.1) is 0 Å². The van der Waals surface area contributed by atoms with Gasteiger partial charge >= 0.3 is 0 Å². The van der Waals surface area contributed by atoms with Crippen LogP contribution in [0.3, 0.4) is 0 Å². The largest absolute Gasteiger partial charge is 0.238 e. The lowest BCUT2D eigenvalue weighted by Gasteiger charge is -2.16. The van der Waals surface area contributed by atoms with Crippen molar-refractivity contribution in [2.45, 2.75) is 0 Å². The molecule has 5 aromatic carbocycles. The first kappa shape index (κ1) is 27.7. The second-order valence-electron chi connectivity index (χ2n) is 10.0. The maximum Gasteiger partial charge on any atom is 0.189 e. The van der Waals surface area contributed by atoms with Crippen LogP contribution in [0, 0.1) is 17.9 Å². The van der Waals surface area contributed by atoms with Crippen molar-refractivity contribution >= 4 is 17.8 Å². The number of aromatic nitrogens is 3. The molecule has 0 aliphatic heterocycles. The van der Waals surface area contributed by atoms with E-state index in [-0.39, 0.29) is 0 Å². The summed E-state index contributed by atoms with van der Waals surface area (Å²) in [4.78, 5) is 18.1. The van der Waals surface area contributed by atoms with Crippen LogP contribution in [-0.4, -0.2) is 15.0 Å². The Morgan fingerprint density at radius 2 is 1.07 bits per heavy atom. The summed E-state index contributed by atoms with van der Waals surface area (Å²) >= 11 is 0. The first-order chi connectivity index (χ1) is 21.6. The summed E-state index contributed by atoms with van der Waals surface area (Å²) in [5.74, 6) is 1.77. The van der Waals surface area contributed by atoms with Crippen molar-refractivity contribution in [3.05, 3.63) is 157 Å². The van der Waals surface area contributed by atoms with Crippen molar-refractivity contribution in [3.8, 4) is 62.5 Å². The van der Waals surface area contributed by atoms with E-state index in [1.54, 1.807) is 24.3 Å². The molecule has 0 amide bonds. The molecule has 0 saturated heterocycles. The number of benzene rings is 5. The zero-order valence-corrected chi connectivity index (χ0v) is 23.8. The fourth-order valence-electron chi connectivity index (χ4n) is 5.24. The summed E-state index contributed by atoms with van der Waals surface area (Å²) in [6, 6.07) is 39.3. The van der Waals surface area contributed by atoms with E-state index >= 15 is 0 Å². The molecular weight excluding hydrogens is 538 g/mol. The summed E-state index contributed by atoms with van der Waals surface area (Å²) in [6.07, 6.45) is 3.61. The van der Waals surface area contributed by atoms with Crippen LogP contribution in [0.15, 0.2) is 128 Å². The normalized spacial score (nSPS) is 10.4. The Morgan fingerprint density at radius 3 is 1.59 bits per heavy atom. The molecule has 0 N–H and O–H groups in total. The Hall–Kier alpha value is -6.43. The first-order valence-electron chi connectivity index (χ1n) is 13.9. The summed E-state index contributed by atoms with van der Waals surface area (Å²) < 4.78 is 0. The Kier molecular flexibility index (Phi) is 7.69. The SMILES string of the molecule is [C-]#[N+]c1cc(C#N)cc(-c2ccc(-c3cccc(-c4nc(-c5ccccc5)nc(-c5ccccc5)n4)c3)c(C=C)c2C=C)c1. The Bertz CT molecular complexity index is 2030. The summed E-state index contributed by atoms with van der Waals surface area (Å²) in [7, 11) is 0. The van der Waals surface area contributed by atoms with Crippen LogP contribution >= 0.6 is 0 Å². The van der Waals surface area contributed by atoms with Crippen molar-refractivity contribution in [2.24, 2.45) is 0 Å². The average Bonchev–Trinajstić information content (AvgIpc) is 3.11. The van der Waals surface area contributed by atoms with E-state index < -0.39 is 0 Å². The minimum Gasteiger partial charge on any atom is -0.238 e. The van der Waals surface area contributed by atoms with Crippen molar-refractivity contribution in [1.82, 2.24) is 15.0 Å². The highest BCUT2D eigenvalue weighted by Gasteiger charge is 2.16. The van der Waals surface area contributed by atoms with Gasteiger partial charge in [0.2, 0.25) is 0 Å². The van der Waals surface area contributed by atoms with Gasteiger partial charge in [0, 0.05) is 22.3 Å². The summed E-state index contributed by atoms with van der Waals surface area (Å²) in [6.45, 7) is 15.7. The standard InChI is InChI=1S/C39H25N5/c1-4-33-34(5-2)36(31-21-26(25-40)22-32(24-31)41-3)20-19-35(33)29-17-12-18-30(23-29)39-43-37(27-13-8-6-9-14-27)42-38(44-39)28-15-10-7-11-16-28/h4-24H,1-2H2. The second-order valence-corrected chi connectivity index (χ2v) is 10.0. The molecular formula is C39H25N5. The molecule has 0 aliphatic carbocycles. The molecule has 6 aromatic rings. The lowest BCUT2D eigenvalue weighted by molar-refractivity contribution is 1.07. The molecule has 0 unspecified atom stereocenters.